The van der Waals surface area contributed by atoms with Crippen LogP contribution >= 0.6 is 0 Å². The van der Waals surface area contributed by atoms with Gasteiger partial charge in [0.05, 0.1) is 12.6 Å². The molecule has 2 aliphatic heterocycles. The van der Waals surface area contributed by atoms with E-state index in [1.165, 1.54) is 0 Å². The molecule has 0 saturated carbocycles. The zero-order chi connectivity index (χ0) is 13.9. The number of amides is 1. The molecule has 0 spiro atoms. The van der Waals surface area contributed by atoms with Crippen LogP contribution in [-0.4, -0.2) is 55.5 Å². The number of carbonyl (C=O) groups excluding carboxylic acids is 1. The lowest BCUT2D eigenvalue weighted by atomic mass is 9.91. The summed E-state index contributed by atoms with van der Waals surface area (Å²) in [5.74, 6) is 0.425. The molecule has 19 heavy (non-hydrogen) atoms. The van der Waals surface area contributed by atoms with Gasteiger partial charge in [0, 0.05) is 32.2 Å². The van der Waals surface area contributed by atoms with E-state index in [1.807, 2.05) is 25.7 Å². The van der Waals surface area contributed by atoms with Crippen LogP contribution in [0, 0.1) is 5.92 Å². The molecule has 2 fully saturated rings. The third kappa shape index (κ3) is 4.08. The molecule has 2 heterocycles. The fourth-order valence-corrected chi connectivity index (χ4v) is 2.76. The van der Waals surface area contributed by atoms with Crippen LogP contribution in [0.2, 0.25) is 0 Å². The first-order valence-corrected chi connectivity index (χ1v) is 7.25. The topological polar surface area (TPSA) is 50.8 Å². The largest absolute Gasteiger partial charge is 0.444 e. The Bertz CT molecular complexity index is 308. The fraction of sp³-hybridized carbons (Fsp3) is 0.929. The van der Waals surface area contributed by atoms with Crippen LogP contribution in [0.1, 0.15) is 33.6 Å². The normalized spacial score (nSPS) is 29.1. The van der Waals surface area contributed by atoms with Gasteiger partial charge in [-0.15, -0.1) is 0 Å². The summed E-state index contributed by atoms with van der Waals surface area (Å²) in [6.07, 6.45) is 2.03. The van der Waals surface area contributed by atoms with E-state index in [4.69, 9.17) is 9.47 Å². The van der Waals surface area contributed by atoms with Crippen LogP contribution in [0.5, 0.6) is 0 Å². The standard InChI is InChI=1S/C14H26N2O3/c1-14(2,3)19-13(17)16-7-6-15-9-12(16)11-5-4-8-18-10-11/h11-12,15H,4-10H2,1-3H3. The molecule has 2 atom stereocenters. The maximum Gasteiger partial charge on any atom is 0.410 e. The lowest BCUT2D eigenvalue weighted by Gasteiger charge is -2.42. The minimum Gasteiger partial charge on any atom is -0.444 e. The predicted molar refractivity (Wildman–Crippen MR) is 73.1 cm³/mol. The molecule has 0 aromatic heterocycles. The molecule has 2 saturated heterocycles. The molecule has 2 rings (SSSR count). The number of rotatable bonds is 1. The third-order valence-corrected chi connectivity index (χ3v) is 3.65. The first-order valence-electron chi connectivity index (χ1n) is 7.25. The second kappa shape index (κ2) is 6.09. The van der Waals surface area contributed by atoms with E-state index in [-0.39, 0.29) is 12.1 Å². The van der Waals surface area contributed by atoms with Crippen LogP contribution < -0.4 is 5.32 Å². The first-order chi connectivity index (χ1) is 8.97. The highest BCUT2D eigenvalue weighted by molar-refractivity contribution is 5.68. The van der Waals surface area contributed by atoms with Gasteiger partial charge < -0.3 is 19.7 Å². The number of ether oxygens (including phenoxy) is 2. The van der Waals surface area contributed by atoms with Crippen LogP contribution in [0.25, 0.3) is 0 Å². The maximum absolute atomic E-state index is 12.3. The van der Waals surface area contributed by atoms with Gasteiger partial charge in [0.25, 0.3) is 0 Å². The SMILES string of the molecule is CC(C)(C)OC(=O)N1CCNCC1C1CCCOC1. The molecule has 0 bridgehead atoms. The summed E-state index contributed by atoms with van der Waals surface area (Å²) >= 11 is 0. The molecular weight excluding hydrogens is 244 g/mol. The van der Waals surface area contributed by atoms with Crippen molar-refractivity contribution in [2.75, 3.05) is 32.8 Å². The van der Waals surface area contributed by atoms with Crippen molar-refractivity contribution in [3.63, 3.8) is 0 Å². The van der Waals surface area contributed by atoms with Gasteiger partial charge in [-0.3, -0.25) is 0 Å². The quantitative estimate of drug-likeness (QED) is 0.786. The number of hydrogen-bond donors (Lipinski definition) is 1. The Morgan fingerprint density at radius 1 is 1.42 bits per heavy atom. The Kier molecular flexibility index (Phi) is 4.68. The zero-order valence-corrected chi connectivity index (χ0v) is 12.3. The number of carbonyl (C=O) groups is 1. The molecule has 2 aliphatic rings. The van der Waals surface area contributed by atoms with Crippen molar-refractivity contribution in [2.45, 2.75) is 45.3 Å². The second-order valence-corrected chi connectivity index (χ2v) is 6.42. The second-order valence-electron chi connectivity index (χ2n) is 6.42. The zero-order valence-electron chi connectivity index (χ0n) is 12.3. The average Bonchev–Trinajstić information content (AvgIpc) is 2.38. The Morgan fingerprint density at radius 3 is 2.84 bits per heavy atom. The van der Waals surface area contributed by atoms with E-state index < -0.39 is 5.60 Å². The molecule has 1 N–H and O–H groups in total. The fourth-order valence-electron chi connectivity index (χ4n) is 2.76. The van der Waals surface area contributed by atoms with Crippen molar-refractivity contribution in [1.29, 1.82) is 0 Å². The number of hydrogen-bond acceptors (Lipinski definition) is 4. The molecule has 5 nitrogen and oxygen atoms in total. The van der Waals surface area contributed by atoms with E-state index in [2.05, 4.69) is 5.32 Å². The molecule has 5 heteroatoms. The highest BCUT2D eigenvalue weighted by Gasteiger charge is 2.35. The van der Waals surface area contributed by atoms with Gasteiger partial charge in [-0.25, -0.2) is 4.79 Å². The van der Waals surface area contributed by atoms with E-state index in [1.54, 1.807) is 0 Å². The summed E-state index contributed by atoms with van der Waals surface area (Å²) in [4.78, 5) is 14.2. The summed E-state index contributed by atoms with van der Waals surface area (Å²) in [6.45, 7) is 9.73. The smallest absolute Gasteiger partial charge is 0.410 e. The van der Waals surface area contributed by atoms with Crippen molar-refractivity contribution in [3.8, 4) is 0 Å². The van der Waals surface area contributed by atoms with E-state index in [9.17, 15) is 4.79 Å². The van der Waals surface area contributed by atoms with Gasteiger partial charge in [0.2, 0.25) is 0 Å². The molecular formula is C14H26N2O3. The Labute approximate surface area is 115 Å². The summed E-state index contributed by atoms with van der Waals surface area (Å²) < 4.78 is 11.1. The number of piperazine rings is 1. The summed E-state index contributed by atoms with van der Waals surface area (Å²) in [7, 11) is 0. The van der Waals surface area contributed by atoms with Gasteiger partial charge in [-0.05, 0) is 33.6 Å². The highest BCUT2D eigenvalue weighted by atomic mass is 16.6. The Hall–Kier alpha value is -0.810. The molecule has 2 unspecified atom stereocenters. The third-order valence-electron chi connectivity index (χ3n) is 3.65. The van der Waals surface area contributed by atoms with Crippen molar-refractivity contribution in [1.82, 2.24) is 10.2 Å². The van der Waals surface area contributed by atoms with Crippen molar-refractivity contribution < 1.29 is 14.3 Å². The Morgan fingerprint density at radius 2 is 2.21 bits per heavy atom. The van der Waals surface area contributed by atoms with Gasteiger partial charge in [-0.1, -0.05) is 0 Å². The van der Waals surface area contributed by atoms with Gasteiger partial charge in [0.15, 0.2) is 0 Å². The van der Waals surface area contributed by atoms with E-state index >= 15 is 0 Å². The van der Waals surface area contributed by atoms with Crippen molar-refractivity contribution >= 4 is 6.09 Å². The minimum absolute atomic E-state index is 0.190. The van der Waals surface area contributed by atoms with Crippen molar-refractivity contribution in [2.24, 2.45) is 5.92 Å². The number of nitrogens with one attached hydrogen (secondary N) is 1. The predicted octanol–water partition coefficient (Wildman–Crippen LogP) is 1.62. The molecule has 0 aromatic rings. The maximum atomic E-state index is 12.3. The average molecular weight is 270 g/mol. The first kappa shape index (κ1) is 14.6. The molecule has 0 aliphatic carbocycles. The molecule has 1 amide bonds. The summed E-state index contributed by atoms with van der Waals surface area (Å²) in [5.41, 5.74) is -0.435. The van der Waals surface area contributed by atoms with Gasteiger partial charge in [-0.2, -0.15) is 0 Å². The Balaban J connectivity index is 2.00. The molecule has 0 aromatic carbocycles. The summed E-state index contributed by atoms with van der Waals surface area (Å²) in [6, 6.07) is 0.198. The van der Waals surface area contributed by atoms with E-state index in [0.29, 0.717) is 5.92 Å². The summed E-state index contributed by atoms with van der Waals surface area (Å²) in [5, 5.41) is 3.37. The molecule has 110 valence electrons. The number of nitrogens with zero attached hydrogens (tertiary/aromatic N) is 1. The minimum atomic E-state index is -0.435. The highest BCUT2D eigenvalue weighted by Crippen LogP contribution is 2.24. The van der Waals surface area contributed by atoms with Gasteiger partial charge >= 0.3 is 6.09 Å². The molecule has 0 radical (unpaired) electrons. The monoisotopic (exact) mass is 270 g/mol. The lowest BCUT2D eigenvalue weighted by Crippen LogP contribution is -2.58. The van der Waals surface area contributed by atoms with Gasteiger partial charge in [0.1, 0.15) is 5.60 Å². The lowest BCUT2D eigenvalue weighted by molar-refractivity contribution is -0.0205. The van der Waals surface area contributed by atoms with E-state index in [0.717, 1.165) is 45.7 Å². The van der Waals surface area contributed by atoms with Crippen LogP contribution in [0.4, 0.5) is 4.79 Å². The van der Waals surface area contributed by atoms with Crippen LogP contribution in [0.15, 0.2) is 0 Å². The van der Waals surface area contributed by atoms with Crippen molar-refractivity contribution in [3.05, 3.63) is 0 Å². The van der Waals surface area contributed by atoms with Crippen LogP contribution in [0.3, 0.4) is 0 Å². The van der Waals surface area contributed by atoms with Crippen LogP contribution in [-0.2, 0) is 9.47 Å².